The standard InChI is InChI=1S/C31H27BN2O3/c1-30(2)31(3,4)37-32(36-30)23-16-15-21(19-11-7-5-8-12-19)27-22-17-26-25(18-24(22)33-28(23)27)34-29(35-26)20-13-9-6-10-14-20/h5-18,21H,1-4H3. The molecule has 0 saturated carbocycles. The van der Waals surface area contributed by atoms with Crippen LogP contribution < -0.4 is 10.6 Å². The van der Waals surface area contributed by atoms with Crippen molar-refractivity contribution in [1.82, 2.24) is 4.98 Å². The maximum absolute atomic E-state index is 6.44. The SMILES string of the molecule is CC1(C)OB(C2=C3N=c4cc5nc(-c6ccccc6)oc5cc4=C3C(c3ccccc3)C=C2)OC1(C)C. The zero-order valence-electron chi connectivity index (χ0n) is 21.4. The molecule has 37 heavy (non-hydrogen) atoms. The van der Waals surface area contributed by atoms with E-state index in [1.165, 1.54) is 5.56 Å². The summed E-state index contributed by atoms with van der Waals surface area (Å²) in [6.07, 6.45) is 4.36. The third-order valence-electron chi connectivity index (χ3n) is 8.02. The lowest BCUT2D eigenvalue weighted by Gasteiger charge is -2.32. The summed E-state index contributed by atoms with van der Waals surface area (Å²) in [7, 11) is -0.494. The van der Waals surface area contributed by atoms with Gasteiger partial charge < -0.3 is 13.7 Å². The molecule has 3 aliphatic rings. The number of oxazole rings is 1. The minimum absolute atomic E-state index is 0.0568. The predicted molar refractivity (Wildman–Crippen MR) is 145 cm³/mol. The number of benzene rings is 3. The van der Waals surface area contributed by atoms with Crippen molar-refractivity contribution in [3.8, 4) is 11.5 Å². The highest BCUT2D eigenvalue weighted by Crippen LogP contribution is 2.44. The van der Waals surface area contributed by atoms with Gasteiger partial charge in [-0.15, -0.1) is 0 Å². The first-order chi connectivity index (χ1) is 17.8. The van der Waals surface area contributed by atoms with Gasteiger partial charge in [-0.1, -0.05) is 60.7 Å². The molecule has 0 N–H and O–H groups in total. The number of aromatic nitrogens is 1. The van der Waals surface area contributed by atoms with Crippen LogP contribution in [-0.4, -0.2) is 23.3 Å². The molecule has 0 radical (unpaired) electrons. The van der Waals surface area contributed by atoms with Gasteiger partial charge in [0, 0.05) is 22.2 Å². The van der Waals surface area contributed by atoms with Crippen molar-refractivity contribution in [1.29, 1.82) is 0 Å². The van der Waals surface area contributed by atoms with E-state index in [4.69, 9.17) is 23.7 Å². The van der Waals surface area contributed by atoms with Crippen molar-refractivity contribution < 1.29 is 13.7 Å². The fourth-order valence-electron chi connectivity index (χ4n) is 5.29. The van der Waals surface area contributed by atoms with E-state index >= 15 is 0 Å². The normalized spacial score (nSPS) is 21.4. The van der Waals surface area contributed by atoms with Crippen molar-refractivity contribution in [3.05, 3.63) is 112 Å². The van der Waals surface area contributed by atoms with Crippen LogP contribution in [0.5, 0.6) is 0 Å². The second-order valence-corrected chi connectivity index (χ2v) is 10.9. The highest BCUT2D eigenvalue weighted by Gasteiger charge is 2.53. The van der Waals surface area contributed by atoms with E-state index < -0.39 is 18.3 Å². The van der Waals surface area contributed by atoms with Crippen molar-refractivity contribution in [3.63, 3.8) is 0 Å². The van der Waals surface area contributed by atoms with E-state index in [-0.39, 0.29) is 5.92 Å². The molecule has 1 fully saturated rings. The van der Waals surface area contributed by atoms with Gasteiger partial charge >= 0.3 is 7.12 Å². The molecule has 1 aliphatic carbocycles. The molecule has 7 rings (SSSR count). The van der Waals surface area contributed by atoms with E-state index in [0.29, 0.717) is 5.89 Å². The van der Waals surface area contributed by atoms with Crippen LogP contribution in [0.3, 0.4) is 0 Å². The van der Waals surface area contributed by atoms with Crippen LogP contribution >= 0.6 is 0 Å². The minimum Gasteiger partial charge on any atom is -0.436 e. The van der Waals surface area contributed by atoms with Crippen LogP contribution in [0.2, 0.25) is 0 Å². The fraction of sp³-hybridized carbons (Fsp3) is 0.226. The quantitative estimate of drug-likeness (QED) is 0.358. The number of nitrogens with zero attached hydrogens (tertiary/aromatic N) is 2. The molecule has 0 spiro atoms. The number of hydrogen-bond donors (Lipinski definition) is 0. The molecule has 4 aromatic rings. The van der Waals surface area contributed by atoms with Gasteiger partial charge in [0.15, 0.2) is 5.58 Å². The molecule has 0 bridgehead atoms. The third kappa shape index (κ3) is 3.47. The van der Waals surface area contributed by atoms with Crippen LogP contribution in [0.25, 0.3) is 28.1 Å². The Labute approximate surface area is 216 Å². The van der Waals surface area contributed by atoms with Crippen LogP contribution in [0.4, 0.5) is 0 Å². The Balaban J connectivity index is 1.43. The van der Waals surface area contributed by atoms with Gasteiger partial charge in [0.1, 0.15) is 5.52 Å². The number of fused-ring (bicyclic) bond motifs is 3. The Bertz CT molecular complexity index is 1720. The largest absolute Gasteiger partial charge is 0.497 e. The van der Waals surface area contributed by atoms with Gasteiger partial charge in [-0.25, -0.2) is 9.98 Å². The van der Waals surface area contributed by atoms with E-state index in [2.05, 4.69) is 70.2 Å². The summed E-state index contributed by atoms with van der Waals surface area (Å²) < 4.78 is 19.1. The minimum atomic E-state index is -0.494. The van der Waals surface area contributed by atoms with Gasteiger partial charge in [-0.05, 0) is 63.1 Å². The molecule has 6 heteroatoms. The number of hydrogen-bond acceptors (Lipinski definition) is 5. The Kier molecular flexibility index (Phi) is 4.78. The second-order valence-electron chi connectivity index (χ2n) is 10.9. The zero-order valence-corrected chi connectivity index (χ0v) is 21.4. The molecular formula is C31H27BN2O3. The number of rotatable bonds is 3. The summed E-state index contributed by atoms with van der Waals surface area (Å²) in [4.78, 5) is 9.93. The van der Waals surface area contributed by atoms with Crippen LogP contribution in [0.15, 0.2) is 106 Å². The molecule has 2 aliphatic heterocycles. The molecule has 1 saturated heterocycles. The molecular weight excluding hydrogens is 459 g/mol. The Morgan fingerprint density at radius 2 is 1.51 bits per heavy atom. The van der Waals surface area contributed by atoms with Gasteiger partial charge in [0.2, 0.25) is 5.89 Å². The first-order valence-corrected chi connectivity index (χ1v) is 12.7. The summed E-state index contributed by atoms with van der Waals surface area (Å²) in [5.74, 6) is 0.669. The summed E-state index contributed by atoms with van der Waals surface area (Å²) in [5, 5.41) is 1.95. The van der Waals surface area contributed by atoms with Crippen molar-refractivity contribution >= 4 is 23.8 Å². The lowest BCUT2D eigenvalue weighted by atomic mass is 9.70. The summed E-state index contributed by atoms with van der Waals surface area (Å²) in [6.45, 7) is 8.31. The summed E-state index contributed by atoms with van der Waals surface area (Å²) in [5.41, 5.74) is 5.86. The van der Waals surface area contributed by atoms with Gasteiger partial charge in [0.05, 0.1) is 22.3 Å². The van der Waals surface area contributed by atoms with Gasteiger partial charge in [-0.3, -0.25) is 0 Å². The second kappa shape index (κ2) is 7.88. The first kappa shape index (κ1) is 22.5. The smallest absolute Gasteiger partial charge is 0.436 e. The molecule has 1 aromatic heterocycles. The van der Waals surface area contributed by atoms with E-state index in [1.54, 1.807) is 0 Å². The van der Waals surface area contributed by atoms with Gasteiger partial charge in [0.25, 0.3) is 0 Å². The highest BCUT2D eigenvalue weighted by atomic mass is 16.7. The van der Waals surface area contributed by atoms with Gasteiger partial charge in [-0.2, -0.15) is 0 Å². The van der Waals surface area contributed by atoms with Crippen molar-refractivity contribution in [2.75, 3.05) is 0 Å². The van der Waals surface area contributed by atoms with E-state index in [1.807, 2.05) is 42.5 Å². The lowest BCUT2D eigenvalue weighted by molar-refractivity contribution is 0.00578. The molecule has 1 unspecified atom stereocenters. The average molecular weight is 486 g/mol. The van der Waals surface area contributed by atoms with Crippen LogP contribution in [-0.2, 0) is 9.31 Å². The topological polar surface area (TPSA) is 56.9 Å². The van der Waals surface area contributed by atoms with E-state index in [0.717, 1.165) is 44.0 Å². The van der Waals surface area contributed by atoms with Crippen molar-refractivity contribution in [2.45, 2.75) is 44.8 Å². The van der Waals surface area contributed by atoms with E-state index in [9.17, 15) is 0 Å². The summed E-state index contributed by atoms with van der Waals surface area (Å²) >= 11 is 0. The van der Waals surface area contributed by atoms with Crippen LogP contribution in [0, 0.1) is 0 Å². The molecule has 1 atom stereocenters. The maximum Gasteiger partial charge on any atom is 0.497 e. The molecule has 182 valence electrons. The fourth-order valence-corrected chi connectivity index (χ4v) is 5.29. The molecule has 0 amide bonds. The summed E-state index contributed by atoms with van der Waals surface area (Å²) in [6, 6.07) is 24.6. The predicted octanol–water partition coefficient (Wildman–Crippen LogP) is 5.52. The molecule has 5 nitrogen and oxygen atoms in total. The average Bonchev–Trinajstić information content (AvgIpc) is 3.54. The third-order valence-corrected chi connectivity index (χ3v) is 8.02. The maximum atomic E-state index is 6.44. The van der Waals surface area contributed by atoms with Crippen LogP contribution in [0.1, 0.15) is 39.2 Å². The molecule has 3 aromatic carbocycles. The molecule has 3 heterocycles. The first-order valence-electron chi connectivity index (χ1n) is 12.7. The van der Waals surface area contributed by atoms with Crippen molar-refractivity contribution in [2.24, 2.45) is 4.99 Å². The zero-order chi connectivity index (χ0) is 25.4. The Morgan fingerprint density at radius 1 is 0.838 bits per heavy atom. The highest BCUT2D eigenvalue weighted by molar-refractivity contribution is 6.56. The lowest BCUT2D eigenvalue weighted by Crippen LogP contribution is -2.41. The Hall–Kier alpha value is -3.74. The monoisotopic (exact) mass is 486 g/mol. The Morgan fingerprint density at radius 3 is 2.22 bits per heavy atom. The number of allylic oxidation sites excluding steroid dienone is 4.